The van der Waals surface area contributed by atoms with E-state index in [1.165, 1.54) is 0 Å². The van der Waals surface area contributed by atoms with Crippen molar-refractivity contribution in [2.24, 2.45) is 10.9 Å². The van der Waals surface area contributed by atoms with Gasteiger partial charge < -0.3 is 10.0 Å². The molecule has 0 radical (unpaired) electrons. The zero-order chi connectivity index (χ0) is 16.3. The first-order chi connectivity index (χ1) is 10.5. The quantitative estimate of drug-likeness (QED) is 0.837. The number of aliphatic hydroxyl groups excluding tert-OH is 1. The van der Waals surface area contributed by atoms with Gasteiger partial charge in [-0.1, -0.05) is 0 Å². The number of hydrogen-bond acceptors (Lipinski definition) is 5. The third-order valence-corrected chi connectivity index (χ3v) is 6.07. The number of rotatable bonds is 5. The Balaban J connectivity index is 1.97. The van der Waals surface area contributed by atoms with Gasteiger partial charge in [-0.2, -0.15) is 0 Å². The molecule has 0 spiro atoms. The van der Waals surface area contributed by atoms with Gasteiger partial charge in [0.1, 0.15) is 6.23 Å². The molecule has 126 valence electrons. The van der Waals surface area contributed by atoms with Gasteiger partial charge in [0.15, 0.2) is 0 Å². The number of thioether (sulfide) groups is 1. The Morgan fingerprint density at radius 3 is 2.73 bits per heavy atom. The fraction of sp³-hybridized carbons (Fsp3) is 0.875. The van der Waals surface area contributed by atoms with E-state index in [-0.39, 0.29) is 23.1 Å². The molecule has 2 aliphatic heterocycles. The molecule has 4 atom stereocenters. The highest BCUT2D eigenvalue weighted by atomic mass is 32.2. The maximum Gasteiger partial charge on any atom is 0.226 e. The van der Waals surface area contributed by atoms with Crippen molar-refractivity contribution in [2.75, 3.05) is 26.2 Å². The second kappa shape index (κ2) is 7.79. The van der Waals surface area contributed by atoms with Gasteiger partial charge in [0.2, 0.25) is 5.91 Å². The predicted molar refractivity (Wildman–Crippen MR) is 92.2 cm³/mol. The molecule has 2 aliphatic rings. The third-order valence-electron chi connectivity index (χ3n) is 4.71. The summed E-state index contributed by atoms with van der Waals surface area (Å²) in [6.45, 7) is 11.2. The molecule has 1 fully saturated rings. The maximum atomic E-state index is 12.6. The summed E-state index contributed by atoms with van der Waals surface area (Å²) in [6.07, 6.45) is 1.38. The Morgan fingerprint density at radius 2 is 2.18 bits per heavy atom. The first kappa shape index (κ1) is 17.8. The minimum absolute atomic E-state index is 0.0204. The van der Waals surface area contributed by atoms with E-state index in [0.717, 1.165) is 37.5 Å². The number of piperidine rings is 1. The van der Waals surface area contributed by atoms with Crippen LogP contribution in [-0.2, 0) is 4.79 Å². The van der Waals surface area contributed by atoms with Gasteiger partial charge in [-0.05, 0) is 40.5 Å². The summed E-state index contributed by atoms with van der Waals surface area (Å²) in [4.78, 5) is 21.1. The maximum absolute atomic E-state index is 12.6. The fourth-order valence-corrected chi connectivity index (χ4v) is 4.62. The highest BCUT2D eigenvalue weighted by Crippen LogP contribution is 2.32. The molecule has 22 heavy (non-hydrogen) atoms. The molecule has 1 amide bonds. The van der Waals surface area contributed by atoms with Crippen molar-refractivity contribution < 1.29 is 9.90 Å². The Morgan fingerprint density at radius 1 is 1.50 bits per heavy atom. The predicted octanol–water partition coefficient (Wildman–Crippen LogP) is 1.81. The van der Waals surface area contributed by atoms with Crippen molar-refractivity contribution in [3.63, 3.8) is 0 Å². The second-order valence-corrected chi connectivity index (χ2v) is 7.60. The van der Waals surface area contributed by atoms with E-state index in [9.17, 15) is 9.90 Å². The number of aliphatic hydroxyl groups is 1. The Bertz CT molecular complexity index is 426. The summed E-state index contributed by atoms with van der Waals surface area (Å²) in [7, 11) is 0. The molecular formula is C16H29N3O2S. The van der Waals surface area contributed by atoms with Crippen molar-refractivity contribution in [3.05, 3.63) is 0 Å². The van der Waals surface area contributed by atoms with Crippen molar-refractivity contribution in [2.45, 2.75) is 58.1 Å². The van der Waals surface area contributed by atoms with Crippen LogP contribution in [0.15, 0.2) is 4.99 Å². The smallest absolute Gasteiger partial charge is 0.226 e. The number of amides is 1. The first-order valence-corrected chi connectivity index (χ1v) is 9.27. The fourth-order valence-electron chi connectivity index (χ4n) is 3.45. The van der Waals surface area contributed by atoms with Crippen LogP contribution in [0.4, 0.5) is 0 Å². The van der Waals surface area contributed by atoms with E-state index in [0.29, 0.717) is 6.54 Å². The lowest BCUT2D eigenvalue weighted by Crippen LogP contribution is -2.52. The molecular weight excluding hydrogens is 298 g/mol. The normalized spacial score (nSPS) is 31.0. The molecule has 0 aromatic carbocycles. The standard InChI is InChI=1S/C16H29N3O2S/c1-5-18(6-2)15(20)13-8-7-9-19(10-13)16(21)14-11(3)17-12(4)22-14/h11,13-14,16,21H,5-10H2,1-4H3/t11-,13?,14?,16?/m1/s1. The van der Waals surface area contributed by atoms with Gasteiger partial charge in [0.25, 0.3) is 0 Å². The lowest BCUT2D eigenvalue weighted by atomic mass is 9.95. The molecule has 0 saturated carbocycles. The van der Waals surface area contributed by atoms with Crippen LogP contribution in [0.5, 0.6) is 0 Å². The van der Waals surface area contributed by atoms with Crippen LogP contribution in [0.1, 0.15) is 40.5 Å². The number of aliphatic imine (C=N–C) groups is 1. The van der Waals surface area contributed by atoms with Gasteiger partial charge in [0, 0.05) is 26.2 Å². The number of carbonyl (C=O) groups excluding carboxylic acids is 1. The molecule has 1 saturated heterocycles. The Labute approximate surface area is 138 Å². The molecule has 2 rings (SSSR count). The summed E-state index contributed by atoms with van der Waals surface area (Å²) >= 11 is 1.66. The summed E-state index contributed by atoms with van der Waals surface area (Å²) in [5.74, 6) is 0.258. The second-order valence-electron chi connectivity index (χ2n) is 6.23. The van der Waals surface area contributed by atoms with Crippen LogP contribution in [0.25, 0.3) is 0 Å². The Hall–Kier alpha value is -0.590. The summed E-state index contributed by atoms with van der Waals surface area (Å²) < 4.78 is 0. The molecule has 0 aliphatic carbocycles. The molecule has 0 bridgehead atoms. The van der Waals surface area contributed by atoms with Crippen molar-refractivity contribution in [1.29, 1.82) is 0 Å². The monoisotopic (exact) mass is 327 g/mol. The zero-order valence-electron chi connectivity index (χ0n) is 14.2. The minimum atomic E-state index is -0.520. The zero-order valence-corrected chi connectivity index (χ0v) is 15.0. The van der Waals surface area contributed by atoms with Crippen LogP contribution in [0.3, 0.4) is 0 Å². The largest absolute Gasteiger partial charge is 0.377 e. The van der Waals surface area contributed by atoms with Crippen LogP contribution in [0.2, 0.25) is 0 Å². The average molecular weight is 327 g/mol. The van der Waals surface area contributed by atoms with Gasteiger partial charge in [0.05, 0.1) is 22.3 Å². The molecule has 2 heterocycles. The van der Waals surface area contributed by atoms with Crippen LogP contribution < -0.4 is 0 Å². The molecule has 6 heteroatoms. The van der Waals surface area contributed by atoms with Gasteiger partial charge in [-0.3, -0.25) is 14.7 Å². The summed E-state index contributed by atoms with van der Waals surface area (Å²) in [5, 5.41) is 11.9. The number of nitrogens with zero attached hydrogens (tertiary/aromatic N) is 3. The van der Waals surface area contributed by atoms with Crippen LogP contribution >= 0.6 is 11.8 Å². The number of carbonyl (C=O) groups is 1. The minimum Gasteiger partial charge on any atom is -0.377 e. The van der Waals surface area contributed by atoms with Crippen LogP contribution in [0, 0.1) is 5.92 Å². The van der Waals surface area contributed by atoms with E-state index in [4.69, 9.17) is 0 Å². The SMILES string of the molecule is CCN(CC)C(=O)C1CCCN(C(O)C2SC(C)=N[C@@H]2C)C1. The van der Waals surface area contributed by atoms with E-state index in [1.54, 1.807) is 11.8 Å². The van der Waals surface area contributed by atoms with E-state index in [1.807, 2.05) is 25.7 Å². The highest BCUT2D eigenvalue weighted by Gasteiger charge is 2.38. The van der Waals surface area contributed by atoms with Gasteiger partial charge in [-0.15, -0.1) is 11.8 Å². The first-order valence-electron chi connectivity index (χ1n) is 8.39. The van der Waals surface area contributed by atoms with E-state index < -0.39 is 6.23 Å². The van der Waals surface area contributed by atoms with Gasteiger partial charge in [-0.25, -0.2) is 0 Å². The van der Waals surface area contributed by atoms with Crippen molar-refractivity contribution >= 4 is 22.7 Å². The van der Waals surface area contributed by atoms with E-state index in [2.05, 4.69) is 16.8 Å². The van der Waals surface area contributed by atoms with E-state index >= 15 is 0 Å². The summed E-state index contributed by atoms with van der Waals surface area (Å²) in [5.41, 5.74) is 0. The van der Waals surface area contributed by atoms with Crippen molar-refractivity contribution in [3.8, 4) is 0 Å². The number of likely N-dealkylation sites (tertiary alicyclic amines) is 1. The van der Waals surface area contributed by atoms with Crippen molar-refractivity contribution in [1.82, 2.24) is 9.80 Å². The number of hydrogen-bond donors (Lipinski definition) is 1. The lowest BCUT2D eigenvalue weighted by molar-refractivity contribution is -0.138. The molecule has 0 aromatic rings. The Kier molecular flexibility index (Phi) is 6.29. The molecule has 0 aromatic heterocycles. The molecule has 3 unspecified atom stereocenters. The topological polar surface area (TPSA) is 56.1 Å². The third kappa shape index (κ3) is 3.84. The van der Waals surface area contributed by atoms with Crippen LogP contribution in [-0.4, -0.2) is 69.6 Å². The van der Waals surface area contributed by atoms with Gasteiger partial charge >= 0.3 is 0 Å². The molecule has 5 nitrogen and oxygen atoms in total. The highest BCUT2D eigenvalue weighted by molar-refractivity contribution is 8.14. The molecule has 1 N–H and O–H groups in total. The average Bonchev–Trinajstić information content (AvgIpc) is 2.86. The summed E-state index contributed by atoms with van der Waals surface area (Å²) in [6, 6.07) is 0.138. The lowest BCUT2D eigenvalue weighted by Gasteiger charge is -2.39.